The topological polar surface area (TPSA) is 42.7 Å². The molecule has 0 saturated carbocycles. The van der Waals surface area contributed by atoms with Crippen molar-refractivity contribution >= 4 is 17.6 Å². The SMILES string of the molecule is C=C(C)[C@@H]1SCCNc2c1c(-c1ccccn1)nn2C. The van der Waals surface area contributed by atoms with E-state index in [1.807, 2.05) is 47.9 Å². The highest BCUT2D eigenvalue weighted by atomic mass is 32.2. The van der Waals surface area contributed by atoms with Crippen LogP contribution in [-0.2, 0) is 7.05 Å². The van der Waals surface area contributed by atoms with Crippen molar-refractivity contribution in [2.45, 2.75) is 12.2 Å². The van der Waals surface area contributed by atoms with Gasteiger partial charge in [-0.25, -0.2) is 0 Å². The Kier molecular flexibility index (Phi) is 3.53. The van der Waals surface area contributed by atoms with Gasteiger partial charge in [-0.1, -0.05) is 18.2 Å². The Balaban J connectivity index is 2.20. The van der Waals surface area contributed by atoms with Crippen molar-refractivity contribution in [3.8, 4) is 11.4 Å². The molecular weight excluding hydrogens is 268 g/mol. The van der Waals surface area contributed by atoms with Crippen molar-refractivity contribution in [3.63, 3.8) is 0 Å². The van der Waals surface area contributed by atoms with Gasteiger partial charge >= 0.3 is 0 Å². The van der Waals surface area contributed by atoms with E-state index >= 15 is 0 Å². The van der Waals surface area contributed by atoms with Gasteiger partial charge in [-0.3, -0.25) is 9.67 Å². The van der Waals surface area contributed by atoms with E-state index in [1.165, 1.54) is 5.56 Å². The van der Waals surface area contributed by atoms with Crippen molar-refractivity contribution in [1.29, 1.82) is 0 Å². The molecule has 0 saturated heterocycles. The molecule has 0 radical (unpaired) electrons. The fourth-order valence-corrected chi connectivity index (χ4v) is 3.64. The summed E-state index contributed by atoms with van der Waals surface area (Å²) in [4.78, 5) is 4.45. The predicted octanol–water partition coefficient (Wildman–Crippen LogP) is 3.26. The van der Waals surface area contributed by atoms with Crippen LogP contribution in [0.1, 0.15) is 17.7 Å². The molecule has 2 aromatic heterocycles. The third-order valence-electron chi connectivity index (χ3n) is 3.38. The molecule has 1 N–H and O–H groups in total. The first-order chi connectivity index (χ1) is 9.68. The molecule has 104 valence electrons. The average Bonchev–Trinajstić information content (AvgIpc) is 2.64. The molecule has 5 heteroatoms. The van der Waals surface area contributed by atoms with Gasteiger partial charge < -0.3 is 5.32 Å². The largest absolute Gasteiger partial charge is 0.369 e. The van der Waals surface area contributed by atoms with Crippen molar-refractivity contribution in [3.05, 3.63) is 42.1 Å². The number of pyridine rings is 1. The van der Waals surface area contributed by atoms with Crippen LogP contribution in [0.4, 0.5) is 5.82 Å². The van der Waals surface area contributed by atoms with E-state index < -0.39 is 0 Å². The lowest BCUT2D eigenvalue weighted by atomic mass is 10.0. The van der Waals surface area contributed by atoms with Gasteiger partial charge in [-0.05, 0) is 19.1 Å². The van der Waals surface area contributed by atoms with Crippen molar-refractivity contribution in [2.75, 3.05) is 17.6 Å². The number of fused-ring (bicyclic) bond motifs is 1. The molecule has 0 aromatic carbocycles. The quantitative estimate of drug-likeness (QED) is 0.861. The monoisotopic (exact) mass is 286 g/mol. The van der Waals surface area contributed by atoms with Crippen LogP contribution in [0.3, 0.4) is 0 Å². The van der Waals surface area contributed by atoms with Crippen molar-refractivity contribution < 1.29 is 0 Å². The van der Waals surface area contributed by atoms with Gasteiger partial charge in [-0.15, -0.1) is 11.8 Å². The molecule has 3 rings (SSSR count). The second kappa shape index (κ2) is 5.32. The molecule has 3 heterocycles. The molecule has 4 nitrogen and oxygen atoms in total. The lowest BCUT2D eigenvalue weighted by Gasteiger charge is -2.15. The molecular formula is C15H18N4S. The third-order valence-corrected chi connectivity index (χ3v) is 4.79. The van der Waals surface area contributed by atoms with Crippen molar-refractivity contribution in [2.24, 2.45) is 7.05 Å². The lowest BCUT2D eigenvalue weighted by molar-refractivity contribution is 0.773. The highest BCUT2D eigenvalue weighted by molar-refractivity contribution is 7.99. The Hall–Kier alpha value is -1.75. The molecule has 0 spiro atoms. The Morgan fingerprint density at radius 2 is 2.35 bits per heavy atom. The number of thioether (sulfide) groups is 1. The summed E-state index contributed by atoms with van der Waals surface area (Å²) >= 11 is 1.91. The van der Waals surface area contributed by atoms with E-state index in [-0.39, 0.29) is 5.25 Å². The number of hydrogen-bond acceptors (Lipinski definition) is 4. The molecule has 2 aromatic rings. The second-order valence-corrected chi connectivity index (χ2v) is 6.19. The van der Waals surface area contributed by atoms with Gasteiger partial charge in [-0.2, -0.15) is 5.10 Å². The molecule has 20 heavy (non-hydrogen) atoms. The van der Waals surface area contributed by atoms with Crippen LogP contribution >= 0.6 is 11.8 Å². The second-order valence-electron chi connectivity index (χ2n) is 4.97. The molecule has 1 aliphatic rings. The molecule has 0 aliphatic carbocycles. The zero-order chi connectivity index (χ0) is 14.1. The van der Waals surface area contributed by atoms with Crippen LogP contribution in [0.5, 0.6) is 0 Å². The third kappa shape index (κ3) is 2.22. The van der Waals surface area contributed by atoms with E-state index in [0.717, 1.165) is 35.1 Å². The Morgan fingerprint density at radius 1 is 1.50 bits per heavy atom. The molecule has 1 atom stereocenters. The van der Waals surface area contributed by atoms with Crippen LogP contribution < -0.4 is 5.32 Å². The maximum Gasteiger partial charge on any atom is 0.129 e. The van der Waals surface area contributed by atoms with Crippen molar-refractivity contribution in [1.82, 2.24) is 14.8 Å². The molecule has 0 bridgehead atoms. The maximum atomic E-state index is 4.67. The van der Waals surface area contributed by atoms with E-state index in [2.05, 4.69) is 28.9 Å². The number of hydrogen-bond donors (Lipinski definition) is 1. The van der Waals surface area contributed by atoms with Crippen LogP contribution in [0.2, 0.25) is 0 Å². The van der Waals surface area contributed by atoms with E-state index in [4.69, 9.17) is 0 Å². The van der Waals surface area contributed by atoms with Crippen LogP contribution in [0.25, 0.3) is 11.4 Å². The van der Waals surface area contributed by atoms with Gasteiger partial charge in [0.1, 0.15) is 11.5 Å². The number of nitrogens with zero attached hydrogens (tertiary/aromatic N) is 3. The van der Waals surface area contributed by atoms with E-state index in [9.17, 15) is 0 Å². The number of aromatic nitrogens is 3. The minimum absolute atomic E-state index is 0.269. The average molecular weight is 286 g/mol. The van der Waals surface area contributed by atoms with Crippen LogP contribution in [0, 0.1) is 0 Å². The first kappa shape index (κ1) is 13.2. The van der Waals surface area contributed by atoms with E-state index in [0.29, 0.717) is 0 Å². The zero-order valence-electron chi connectivity index (χ0n) is 11.8. The predicted molar refractivity (Wildman–Crippen MR) is 84.9 cm³/mol. The Bertz CT molecular complexity index is 633. The van der Waals surface area contributed by atoms with Crippen LogP contribution in [0.15, 0.2) is 36.5 Å². The van der Waals surface area contributed by atoms with Crippen LogP contribution in [-0.4, -0.2) is 27.1 Å². The van der Waals surface area contributed by atoms with Gasteiger partial charge in [0.05, 0.1) is 10.9 Å². The number of rotatable bonds is 2. The molecule has 0 fully saturated rings. The number of anilines is 1. The van der Waals surface area contributed by atoms with Gasteiger partial charge in [0.2, 0.25) is 0 Å². The van der Waals surface area contributed by atoms with Gasteiger partial charge in [0, 0.05) is 31.1 Å². The summed E-state index contributed by atoms with van der Waals surface area (Å²) in [7, 11) is 1.98. The highest BCUT2D eigenvalue weighted by Crippen LogP contribution is 2.44. The lowest BCUT2D eigenvalue weighted by Crippen LogP contribution is -2.06. The minimum Gasteiger partial charge on any atom is -0.369 e. The molecule has 1 aliphatic heterocycles. The molecule has 0 amide bonds. The first-order valence-electron chi connectivity index (χ1n) is 6.67. The first-order valence-corrected chi connectivity index (χ1v) is 7.72. The van der Waals surface area contributed by atoms with Gasteiger partial charge in [0.25, 0.3) is 0 Å². The smallest absolute Gasteiger partial charge is 0.129 e. The summed E-state index contributed by atoms with van der Waals surface area (Å²) in [5, 5.41) is 8.42. The summed E-state index contributed by atoms with van der Waals surface area (Å²) in [6.45, 7) is 7.19. The Labute approximate surface area is 123 Å². The minimum atomic E-state index is 0.269. The molecule has 0 unspecified atom stereocenters. The standard InChI is InChI=1S/C15H18N4S/c1-10(2)14-12-13(11-6-4-5-7-16-11)18-19(3)15(12)17-8-9-20-14/h4-7,14,17H,1,8-9H2,2-3H3/t14-/m0/s1. The van der Waals surface area contributed by atoms with Gasteiger partial charge in [0.15, 0.2) is 0 Å². The fourth-order valence-electron chi connectivity index (χ4n) is 2.51. The number of nitrogens with one attached hydrogen (secondary N) is 1. The summed E-state index contributed by atoms with van der Waals surface area (Å²) < 4.78 is 1.92. The highest BCUT2D eigenvalue weighted by Gasteiger charge is 2.28. The summed E-state index contributed by atoms with van der Waals surface area (Å²) in [5.74, 6) is 2.15. The fraction of sp³-hybridized carbons (Fsp3) is 0.333. The maximum absolute atomic E-state index is 4.67. The summed E-state index contributed by atoms with van der Waals surface area (Å²) in [6, 6.07) is 5.93. The normalized spacial score (nSPS) is 18.0. The Morgan fingerprint density at radius 3 is 3.05 bits per heavy atom. The van der Waals surface area contributed by atoms with E-state index in [1.54, 1.807) is 0 Å². The summed E-state index contributed by atoms with van der Waals surface area (Å²) in [6.07, 6.45) is 1.81. The summed E-state index contributed by atoms with van der Waals surface area (Å²) in [5.41, 5.74) is 4.24. The zero-order valence-corrected chi connectivity index (χ0v) is 12.6. The number of aryl methyl sites for hydroxylation is 1.